The predicted molar refractivity (Wildman–Crippen MR) is 131 cm³/mol. The van der Waals surface area contributed by atoms with Gasteiger partial charge in [-0.2, -0.15) is 0 Å². The SMILES string of the molecule is CCCCCN1CC=C[C@]23O[C@@H]4C=CCCOC(=O)[C@@H]4[C@H]2C(=O)N([C@H](CO)c2ccccc2)C3C1=O. The zero-order valence-electron chi connectivity index (χ0n) is 20.6. The van der Waals surface area contributed by atoms with Crippen LogP contribution in [0.2, 0.25) is 0 Å². The van der Waals surface area contributed by atoms with Crippen LogP contribution in [0.4, 0.5) is 0 Å². The summed E-state index contributed by atoms with van der Waals surface area (Å²) >= 11 is 0. The fraction of sp³-hybridized carbons (Fsp3) is 0.536. The molecule has 0 saturated carbocycles. The molecule has 2 saturated heterocycles. The van der Waals surface area contributed by atoms with E-state index < -0.39 is 41.6 Å². The highest BCUT2D eigenvalue weighted by molar-refractivity contribution is 5.99. The van der Waals surface area contributed by atoms with E-state index >= 15 is 0 Å². The van der Waals surface area contributed by atoms with Crippen molar-refractivity contribution in [2.24, 2.45) is 11.8 Å². The molecule has 1 unspecified atom stereocenters. The van der Waals surface area contributed by atoms with Gasteiger partial charge in [0.1, 0.15) is 17.6 Å². The number of nitrogens with zero attached hydrogens (tertiary/aromatic N) is 2. The summed E-state index contributed by atoms with van der Waals surface area (Å²) in [5.74, 6) is -2.84. The Morgan fingerprint density at radius 1 is 1.11 bits per heavy atom. The van der Waals surface area contributed by atoms with Crippen LogP contribution in [0.3, 0.4) is 0 Å². The molecule has 0 aromatic heterocycles. The molecule has 1 aromatic carbocycles. The molecule has 2 amide bonds. The molecule has 4 aliphatic rings. The van der Waals surface area contributed by atoms with Gasteiger partial charge in [0.15, 0.2) is 0 Å². The molecule has 192 valence electrons. The minimum absolute atomic E-state index is 0.215. The van der Waals surface area contributed by atoms with Crippen LogP contribution in [-0.4, -0.2) is 76.7 Å². The summed E-state index contributed by atoms with van der Waals surface area (Å²) in [7, 11) is 0. The van der Waals surface area contributed by atoms with Gasteiger partial charge in [-0.1, -0.05) is 74.4 Å². The molecule has 1 aromatic rings. The Hall–Kier alpha value is -2.97. The van der Waals surface area contributed by atoms with Gasteiger partial charge in [-0.05, 0) is 18.4 Å². The second-order valence-corrected chi connectivity index (χ2v) is 9.97. The second-order valence-electron chi connectivity index (χ2n) is 9.97. The number of carbonyl (C=O) groups is 3. The molecule has 6 atom stereocenters. The summed E-state index contributed by atoms with van der Waals surface area (Å²) in [6.45, 7) is 2.96. The van der Waals surface area contributed by atoms with E-state index in [0.29, 0.717) is 19.5 Å². The molecule has 8 heteroatoms. The average Bonchev–Trinajstić information content (AvgIpc) is 3.26. The number of likely N-dealkylation sites (tertiary alicyclic amines) is 1. The minimum Gasteiger partial charge on any atom is -0.465 e. The van der Waals surface area contributed by atoms with Crippen molar-refractivity contribution in [3.63, 3.8) is 0 Å². The minimum atomic E-state index is -1.32. The van der Waals surface area contributed by atoms with E-state index in [0.717, 1.165) is 24.8 Å². The van der Waals surface area contributed by atoms with Crippen LogP contribution >= 0.6 is 0 Å². The van der Waals surface area contributed by atoms with Gasteiger partial charge in [-0.15, -0.1) is 0 Å². The van der Waals surface area contributed by atoms with Gasteiger partial charge in [-0.25, -0.2) is 0 Å². The summed E-state index contributed by atoms with van der Waals surface area (Å²) in [6.07, 6.45) is 10.2. The monoisotopic (exact) mass is 494 g/mol. The zero-order chi connectivity index (χ0) is 25.3. The molecule has 0 radical (unpaired) electrons. The highest BCUT2D eigenvalue weighted by Crippen LogP contribution is 2.54. The summed E-state index contributed by atoms with van der Waals surface area (Å²) in [5.41, 5.74) is -0.599. The molecule has 36 heavy (non-hydrogen) atoms. The Morgan fingerprint density at radius 3 is 2.67 bits per heavy atom. The maximum atomic E-state index is 14.2. The van der Waals surface area contributed by atoms with Crippen LogP contribution in [0.1, 0.15) is 44.2 Å². The lowest BCUT2D eigenvalue weighted by Crippen LogP contribution is -2.56. The van der Waals surface area contributed by atoms with Gasteiger partial charge in [-0.3, -0.25) is 14.4 Å². The maximum absolute atomic E-state index is 14.2. The number of aliphatic hydroxyl groups excluding tert-OH is 1. The Bertz CT molecular complexity index is 1060. The third-order valence-corrected chi connectivity index (χ3v) is 7.87. The van der Waals surface area contributed by atoms with Crippen molar-refractivity contribution in [1.29, 1.82) is 0 Å². The first-order chi connectivity index (χ1) is 17.5. The number of hydrogen-bond donors (Lipinski definition) is 1. The number of benzene rings is 1. The molecule has 4 heterocycles. The fourth-order valence-electron chi connectivity index (χ4n) is 6.21. The summed E-state index contributed by atoms with van der Waals surface area (Å²) in [5, 5.41) is 10.5. The Labute approximate surface area is 211 Å². The van der Waals surface area contributed by atoms with Crippen molar-refractivity contribution in [3.8, 4) is 0 Å². The van der Waals surface area contributed by atoms with Crippen LogP contribution in [0, 0.1) is 11.8 Å². The Kier molecular flexibility index (Phi) is 6.99. The summed E-state index contributed by atoms with van der Waals surface area (Å²) < 4.78 is 12.0. The third-order valence-electron chi connectivity index (χ3n) is 7.87. The lowest BCUT2D eigenvalue weighted by Gasteiger charge is -2.38. The first kappa shape index (κ1) is 24.7. The highest BCUT2D eigenvalue weighted by atomic mass is 16.6. The molecule has 5 rings (SSSR count). The maximum Gasteiger partial charge on any atom is 0.312 e. The van der Waals surface area contributed by atoms with Crippen LogP contribution in [0.25, 0.3) is 0 Å². The molecule has 2 fully saturated rings. The molecule has 1 N–H and O–H groups in total. The van der Waals surface area contributed by atoms with Gasteiger partial charge in [0, 0.05) is 13.1 Å². The van der Waals surface area contributed by atoms with E-state index in [-0.39, 0.29) is 25.0 Å². The standard InChI is InChI=1S/C28H34N2O6/c1-2-3-8-15-29-16-10-14-28-23(22-21(36-28)13-7-9-17-35-27(22)34)25(32)30(24(28)26(29)33)20(18-31)19-11-5-4-6-12-19/h4-7,10-14,20-24,31H,2-3,8-9,15-18H2,1H3/t20-,21-,22+,23+,24?,28+/m1/s1. The van der Waals surface area contributed by atoms with Gasteiger partial charge < -0.3 is 24.4 Å². The first-order valence-corrected chi connectivity index (χ1v) is 13.0. The first-order valence-electron chi connectivity index (χ1n) is 13.0. The lowest BCUT2D eigenvalue weighted by atomic mass is 9.77. The van der Waals surface area contributed by atoms with E-state index in [9.17, 15) is 19.5 Å². The quantitative estimate of drug-likeness (QED) is 0.355. The fourth-order valence-corrected chi connectivity index (χ4v) is 6.21. The number of hydrogen-bond acceptors (Lipinski definition) is 6. The van der Waals surface area contributed by atoms with Crippen LogP contribution in [0.5, 0.6) is 0 Å². The van der Waals surface area contributed by atoms with Gasteiger partial charge in [0.05, 0.1) is 31.3 Å². The van der Waals surface area contributed by atoms with Gasteiger partial charge in [0.2, 0.25) is 11.8 Å². The normalized spacial score (nSPS) is 32.3. The molecular weight excluding hydrogens is 460 g/mol. The Balaban J connectivity index is 1.62. The number of esters is 1. The van der Waals surface area contributed by atoms with Crippen molar-refractivity contribution >= 4 is 17.8 Å². The third kappa shape index (κ3) is 3.96. The van der Waals surface area contributed by atoms with E-state index in [1.807, 2.05) is 54.6 Å². The molecule has 0 bridgehead atoms. The van der Waals surface area contributed by atoms with E-state index in [1.165, 1.54) is 4.90 Å². The molecule has 0 aliphatic carbocycles. The van der Waals surface area contributed by atoms with Gasteiger partial charge in [0.25, 0.3) is 0 Å². The molecular formula is C28H34N2O6. The number of cyclic esters (lactones) is 1. The smallest absolute Gasteiger partial charge is 0.312 e. The van der Waals surface area contributed by atoms with E-state index in [1.54, 1.807) is 4.90 Å². The van der Waals surface area contributed by atoms with Crippen molar-refractivity contribution < 1.29 is 29.0 Å². The number of ether oxygens (including phenoxy) is 2. The van der Waals surface area contributed by atoms with Crippen molar-refractivity contribution in [1.82, 2.24) is 9.80 Å². The lowest BCUT2D eigenvalue weighted by molar-refractivity contribution is -0.156. The molecule has 8 nitrogen and oxygen atoms in total. The summed E-state index contributed by atoms with van der Waals surface area (Å²) in [6, 6.07) is 7.46. The predicted octanol–water partition coefficient (Wildman–Crippen LogP) is 2.39. The number of carbonyl (C=O) groups excluding carboxylic acids is 3. The van der Waals surface area contributed by atoms with Crippen molar-refractivity contribution in [3.05, 3.63) is 60.2 Å². The van der Waals surface area contributed by atoms with E-state index in [4.69, 9.17) is 9.47 Å². The van der Waals surface area contributed by atoms with Crippen LogP contribution < -0.4 is 0 Å². The number of aliphatic hydroxyl groups is 1. The number of fused-ring (bicyclic) bond motifs is 2. The molecule has 1 spiro atoms. The summed E-state index contributed by atoms with van der Waals surface area (Å²) in [4.78, 5) is 44.8. The largest absolute Gasteiger partial charge is 0.465 e. The van der Waals surface area contributed by atoms with Crippen LogP contribution in [0.15, 0.2) is 54.6 Å². The van der Waals surface area contributed by atoms with Crippen molar-refractivity contribution in [2.75, 3.05) is 26.3 Å². The van der Waals surface area contributed by atoms with Crippen LogP contribution in [-0.2, 0) is 23.9 Å². The zero-order valence-corrected chi connectivity index (χ0v) is 20.6. The topological polar surface area (TPSA) is 96.4 Å². The highest BCUT2D eigenvalue weighted by Gasteiger charge is 2.72. The second kappa shape index (κ2) is 10.2. The number of unbranched alkanes of at least 4 members (excludes halogenated alkanes) is 2. The van der Waals surface area contributed by atoms with Gasteiger partial charge >= 0.3 is 5.97 Å². The number of rotatable bonds is 7. The number of amides is 2. The average molecular weight is 495 g/mol. The Morgan fingerprint density at radius 2 is 1.92 bits per heavy atom. The van der Waals surface area contributed by atoms with E-state index in [2.05, 4.69) is 6.92 Å². The molecule has 4 aliphatic heterocycles. The van der Waals surface area contributed by atoms with Crippen molar-refractivity contribution in [2.45, 2.75) is 56.4 Å².